The van der Waals surface area contributed by atoms with Crippen molar-refractivity contribution in [3.8, 4) is 0 Å². The summed E-state index contributed by atoms with van der Waals surface area (Å²) < 4.78 is 6.87. The molecule has 0 saturated carbocycles. The van der Waals surface area contributed by atoms with Crippen molar-refractivity contribution in [2.45, 2.75) is 6.42 Å². The van der Waals surface area contributed by atoms with E-state index < -0.39 is 0 Å². The SMILES string of the molecule is COCCN1CC[C@@H](CN(C)C(=O)c2cncn2C)C1. The van der Waals surface area contributed by atoms with Gasteiger partial charge in [-0.2, -0.15) is 0 Å². The summed E-state index contributed by atoms with van der Waals surface area (Å²) in [4.78, 5) is 20.5. The van der Waals surface area contributed by atoms with Crippen LogP contribution in [0.2, 0.25) is 0 Å². The van der Waals surface area contributed by atoms with Crippen LogP contribution in [-0.2, 0) is 11.8 Å². The van der Waals surface area contributed by atoms with Gasteiger partial charge in [-0.25, -0.2) is 4.98 Å². The van der Waals surface area contributed by atoms with E-state index in [4.69, 9.17) is 4.74 Å². The normalized spacial score (nSPS) is 19.4. The van der Waals surface area contributed by atoms with E-state index in [0.717, 1.165) is 39.2 Å². The second kappa shape index (κ2) is 6.85. The Kier molecular flexibility index (Phi) is 5.14. The van der Waals surface area contributed by atoms with E-state index >= 15 is 0 Å². The lowest BCUT2D eigenvalue weighted by Crippen LogP contribution is -2.34. The maximum atomic E-state index is 12.3. The number of aryl methyl sites for hydroxylation is 1. The highest BCUT2D eigenvalue weighted by molar-refractivity contribution is 5.92. The zero-order valence-electron chi connectivity index (χ0n) is 12.6. The average molecular weight is 280 g/mol. The van der Waals surface area contributed by atoms with Gasteiger partial charge < -0.3 is 19.1 Å². The minimum absolute atomic E-state index is 0.0420. The fourth-order valence-electron chi connectivity index (χ4n) is 2.71. The lowest BCUT2D eigenvalue weighted by molar-refractivity contribution is 0.0762. The molecular formula is C14H24N4O2. The van der Waals surface area contributed by atoms with E-state index in [2.05, 4.69) is 9.88 Å². The molecule has 1 aliphatic heterocycles. The van der Waals surface area contributed by atoms with Crippen LogP contribution >= 0.6 is 0 Å². The van der Waals surface area contributed by atoms with Crippen LogP contribution in [0.25, 0.3) is 0 Å². The van der Waals surface area contributed by atoms with Gasteiger partial charge in [0.05, 0.1) is 19.1 Å². The van der Waals surface area contributed by atoms with Crippen LogP contribution in [-0.4, -0.2) is 72.2 Å². The third-order valence-corrected chi connectivity index (χ3v) is 3.90. The second-order valence-electron chi connectivity index (χ2n) is 5.52. The number of hydrogen-bond acceptors (Lipinski definition) is 4. The molecule has 0 aromatic carbocycles. The van der Waals surface area contributed by atoms with Crippen molar-refractivity contribution < 1.29 is 9.53 Å². The Balaban J connectivity index is 1.82. The molecule has 1 saturated heterocycles. The number of nitrogens with zero attached hydrogens (tertiary/aromatic N) is 4. The molecule has 0 bridgehead atoms. The molecule has 0 spiro atoms. The van der Waals surface area contributed by atoms with Crippen molar-refractivity contribution in [2.24, 2.45) is 13.0 Å². The zero-order chi connectivity index (χ0) is 14.5. The predicted molar refractivity (Wildman–Crippen MR) is 76.6 cm³/mol. The summed E-state index contributed by atoms with van der Waals surface area (Å²) in [5.74, 6) is 0.592. The molecular weight excluding hydrogens is 256 g/mol. The Labute approximate surface area is 120 Å². The largest absolute Gasteiger partial charge is 0.383 e. The van der Waals surface area contributed by atoms with Gasteiger partial charge in [0.2, 0.25) is 0 Å². The number of rotatable bonds is 6. The number of carbonyl (C=O) groups excluding carboxylic acids is 1. The second-order valence-corrected chi connectivity index (χ2v) is 5.52. The molecule has 0 aliphatic carbocycles. The van der Waals surface area contributed by atoms with Crippen molar-refractivity contribution in [1.29, 1.82) is 0 Å². The van der Waals surface area contributed by atoms with Gasteiger partial charge in [0, 0.05) is 40.8 Å². The molecule has 20 heavy (non-hydrogen) atoms. The van der Waals surface area contributed by atoms with Gasteiger partial charge in [-0.1, -0.05) is 0 Å². The zero-order valence-corrected chi connectivity index (χ0v) is 12.6. The quantitative estimate of drug-likeness (QED) is 0.760. The van der Waals surface area contributed by atoms with E-state index in [1.165, 1.54) is 0 Å². The number of likely N-dealkylation sites (tertiary alicyclic amines) is 1. The van der Waals surface area contributed by atoms with Gasteiger partial charge in [-0.05, 0) is 18.9 Å². The first-order valence-electron chi connectivity index (χ1n) is 7.05. The Hall–Kier alpha value is -1.40. The summed E-state index contributed by atoms with van der Waals surface area (Å²) in [6, 6.07) is 0. The smallest absolute Gasteiger partial charge is 0.271 e. The van der Waals surface area contributed by atoms with Crippen molar-refractivity contribution in [3.63, 3.8) is 0 Å². The molecule has 0 radical (unpaired) electrons. The third kappa shape index (κ3) is 3.58. The number of hydrogen-bond donors (Lipinski definition) is 0. The first-order valence-corrected chi connectivity index (χ1v) is 7.05. The molecule has 1 atom stereocenters. The molecule has 112 valence electrons. The summed E-state index contributed by atoms with van der Waals surface area (Å²) in [6.07, 6.45) is 4.42. The molecule has 0 N–H and O–H groups in total. The maximum absolute atomic E-state index is 12.3. The minimum atomic E-state index is 0.0420. The van der Waals surface area contributed by atoms with Gasteiger partial charge in [-0.3, -0.25) is 4.79 Å². The highest BCUT2D eigenvalue weighted by Crippen LogP contribution is 2.17. The number of carbonyl (C=O) groups is 1. The van der Waals surface area contributed by atoms with Gasteiger partial charge in [0.25, 0.3) is 5.91 Å². The van der Waals surface area contributed by atoms with Crippen LogP contribution in [0.5, 0.6) is 0 Å². The Morgan fingerprint density at radius 2 is 2.40 bits per heavy atom. The predicted octanol–water partition coefficient (Wildman–Crippen LogP) is 0.460. The van der Waals surface area contributed by atoms with Crippen LogP contribution in [0.1, 0.15) is 16.9 Å². The third-order valence-electron chi connectivity index (χ3n) is 3.90. The summed E-state index contributed by atoms with van der Waals surface area (Å²) in [5.41, 5.74) is 0.640. The molecule has 1 fully saturated rings. The summed E-state index contributed by atoms with van der Waals surface area (Å²) >= 11 is 0. The van der Waals surface area contributed by atoms with Crippen LogP contribution in [0.15, 0.2) is 12.5 Å². The Bertz CT molecular complexity index is 446. The molecule has 1 aliphatic rings. The molecule has 2 rings (SSSR count). The fraction of sp³-hybridized carbons (Fsp3) is 0.714. The average Bonchev–Trinajstić information content (AvgIpc) is 3.04. The number of ether oxygens (including phenoxy) is 1. The molecule has 6 heteroatoms. The molecule has 6 nitrogen and oxygen atoms in total. The number of amides is 1. The topological polar surface area (TPSA) is 50.6 Å². The van der Waals surface area contributed by atoms with Crippen molar-refractivity contribution >= 4 is 5.91 Å². The number of imidazole rings is 1. The molecule has 1 amide bonds. The van der Waals surface area contributed by atoms with E-state index in [-0.39, 0.29) is 5.91 Å². The minimum Gasteiger partial charge on any atom is -0.383 e. The summed E-state index contributed by atoms with van der Waals surface area (Å²) in [6.45, 7) is 4.70. The summed E-state index contributed by atoms with van der Waals surface area (Å²) in [5, 5.41) is 0. The monoisotopic (exact) mass is 280 g/mol. The van der Waals surface area contributed by atoms with E-state index in [1.807, 2.05) is 19.0 Å². The highest BCUT2D eigenvalue weighted by Gasteiger charge is 2.25. The van der Waals surface area contributed by atoms with E-state index in [1.54, 1.807) is 24.2 Å². The Morgan fingerprint density at radius 3 is 3.05 bits per heavy atom. The van der Waals surface area contributed by atoms with Gasteiger partial charge in [-0.15, -0.1) is 0 Å². The van der Waals surface area contributed by atoms with Crippen molar-refractivity contribution in [3.05, 3.63) is 18.2 Å². The molecule has 0 unspecified atom stereocenters. The van der Waals surface area contributed by atoms with Crippen LogP contribution in [0.3, 0.4) is 0 Å². The molecule has 1 aromatic rings. The number of aromatic nitrogens is 2. The van der Waals surface area contributed by atoms with Crippen LogP contribution < -0.4 is 0 Å². The lowest BCUT2D eigenvalue weighted by Gasteiger charge is -2.21. The number of methoxy groups -OCH3 is 1. The molecule has 1 aromatic heterocycles. The van der Waals surface area contributed by atoms with Crippen molar-refractivity contribution in [2.75, 3.05) is 46.9 Å². The van der Waals surface area contributed by atoms with Crippen LogP contribution in [0.4, 0.5) is 0 Å². The van der Waals surface area contributed by atoms with Gasteiger partial charge in [0.1, 0.15) is 5.69 Å². The Morgan fingerprint density at radius 1 is 1.60 bits per heavy atom. The van der Waals surface area contributed by atoms with Crippen molar-refractivity contribution in [1.82, 2.24) is 19.4 Å². The maximum Gasteiger partial charge on any atom is 0.271 e. The van der Waals surface area contributed by atoms with E-state index in [0.29, 0.717) is 11.6 Å². The fourth-order valence-corrected chi connectivity index (χ4v) is 2.71. The highest BCUT2D eigenvalue weighted by atomic mass is 16.5. The standard InChI is InChI=1S/C14H24N4O2/c1-16(14(19)13-8-15-11-17(13)2)9-12-4-5-18(10-12)6-7-20-3/h8,11-12H,4-7,9-10H2,1-3H3/t12-/m0/s1. The first-order chi connectivity index (χ1) is 9.61. The van der Waals surface area contributed by atoms with E-state index in [9.17, 15) is 4.79 Å². The van der Waals surface area contributed by atoms with Gasteiger partial charge >= 0.3 is 0 Å². The van der Waals surface area contributed by atoms with Gasteiger partial charge in [0.15, 0.2) is 0 Å². The summed E-state index contributed by atoms with van der Waals surface area (Å²) in [7, 11) is 5.44. The first kappa shape index (κ1) is 15.0. The van der Waals surface area contributed by atoms with Crippen LogP contribution in [0, 0.1) is 5.92 Å². The lowest BCUT2D eigenvalue weighted by atomic mass is 10.1. The molecule has 2 heterocycles.